The number of piperazine rings is 1. The van der Waals surface area contributed by atoms with Crippen LogP contribution in [0.4, 0.5) is 5.69 Å². The first kappa shape index (κ1) is 22.6. The topological polar surface area (TPSA) is 121 Å². The summed E-state index contributed by atoms with van der Waals surface area (Å²) < 4.78 is 31.2. The average molecular weight is 485 g/mol. The summed E-state index contributed by atoms with van der Waals surface area (Å²) in [6, 6.07) is 10.0. The largest absolute Gasteiger partial charge is 0.473 e. The smallest absolute Gasteiger partial charge is 0.243 e. The second-order valence-corrected chi connectivity index (χ2v) is 10.9. The van der Waals surface area contributed by atoms with E-state index >= 15 is 0 Å². The van der Waals surface area contributed by atoms with Gasteiger partial charge in [-0.15, -0.1) is 0 Å². The van der Waals surface area contributed by atoms with Crippen molar-refractivity contribution in [2.75, 3.05) is 43.9 Å². The number of carbonyl (C=O) groups is 1. The monoisotopic (exact) mass is 484 g/mol. The second kappa shape index (κ2) is 8.88. The number of carbonyl (C=O) groups excluding carboxylic acids is 1. The number of hydrogen-bond donors (Lipinski definition) is 2. The minimum atomic E-state index is -3.15. The van der Waals surface area contributed by atoms with Crippen LogP contribution in [-0.2, 0) is 14.8 Å². The number of rotatable bonds is 6. The van der Waals surface area contributed by atoms with Crippen molar-refractivity contribution < 1.29 is 17.9 Å². The highest BCUT2D eigenvalue weighted by Crippen LogP contribution is 2.30. The number of nitrogens with zero attached hydrogens (tertiary/aromatic N) is 4. The molecule has 11 heteroatoms. The van der Waals surface area contributed by atoms with E-state index in [-0.39, 0.29) is 17.9 Å². The summed E-state index contributed by atoms with van der Waals surface area (Å²) in [5, 5.41) is 2.85. The number of nitrogens with one attached hydrogen (secondary N) is 2. The van der Waals surface area contributed by atoms with Crippen molar-refractivity contribution in [1.29, 1.82) is 0 Å². The van der Waals surface area contributed by atoms with Gasteiger partial charge in [-0.2, -0.15) is 4.31 Å². The maximum absolute atomic E-state index is 11.8. The van der Waals surface area contributed by atoms with Gasteiger partial charge in [-0.3, -0.25) is 4.79 Å². The summed E-state index contributed by atoms with van der Waals surface area (Å²) in [6.07, 6.45) is 3.14. The van der Waals surface area contributed by atoms with Crippen molar-refractivity contribution >= 4 is 32.7 Å². The Morgan fingerprint density at radius 2 is 1.88 bits per heavy atom. The van der Waals surface area contributed by atoms with Gasteiger partial charge in [0.2, 0.25) is 21.8 Å². The molecule has 3 aromatic rings. The van der Waals surface area contributed by atoms with E-state index in [4.69, 9.17) is 9.72 Å². The van der Waals surface area contributed by atoms with E-state index in [1.165, 1.54) is 10.6 Å². The maximum atomic E-state index is 11.8. The van der Waals surface area contributed by atoms with Crippen LogP contribution in [0.2, 0.25) is 0 Å². The minimum absolute atomic E-state index is 0.0462. The van der Waals surface area contributed by atoms with E-state index in [1.54, 1.807) is 6.33 Å². The van der Waals surface area contributed by atoms with Crippen LogP contribution in [0, 0.1) is 5.92 Å². The normalized spacial score (nSPS) is 20.5. The Morgan fingerprint density at radius 1 is 1.15 bits per heavy atom. The number of hydrogen-bond acceptors (Lipinski definition) is 7. The lowest BCUT2D eigenvalue weighted by atomic mass is 10.0. The molecular weight excluding hydrogens is 456 g/mol. The number of pyridine rings is 1. The molecule has 0 saturated carbocycles. The molecule has 0 bridgehead atoms. The molecule has 2 aromatic heterocycles. The predicted molar refractivity (Wildman–Crippen MR) is 129 cm³/mol. The number of anilines is 1. The highest BCUT2D eigenvalue weighted by atomic mass is 32.2. The fourth-order valence-electron chi connectivity index (χ4n) is 4.50. The first-order valence-corrected chi connectivity index (χ1v) is 13.2. The van der Waals surface area contributed by atoms with Gasteiger partial charge >= 0.3 is 0 Å². The van der Waals surface area contributed by atoms with Crippen LogP contribution in [-0.4, -0.2) is 78.7 Å². The average Bonchev–Trinajstić information content (AvgIpc) is 3.48. The van der Waals surface area contributed by atoms with E-state index in [0.717, 1.165) is 22.5 Å². The molecule has 2 N–H and O–H groups in total. The van der Waals surface area contributed by atoms with Crippen molar-refractivity contribution in [1.82, 2.24) is 24.6 Å². The van der Waals surface area contributed by atoms with E-state index < -0.39 is 10.0 Å². The van der Waals surface area contributed by atoms with Crippen molar-refractivity contribution in [2.24, 2.45) is 5.92 Å². The maximum Gasteiger partial charge on any atom is 0.243 e. The SMILES string of the molecule is CC(Oc1nc(-c2ccc(N3CCN(S(C)(=O)=O)CC3)cc2)cc2[nH]cnc12)C1CNC(=O)C1. The molecule has 2 aliphatic rings. The molecule has 34 heavy (non-hydrogen) atoms. The van der Waals surface area contributed by atoms with Crippen molar-refractivity contribution in [3.63, 3.8) is 0 Å². The molecule has 0 radical (unpaired) electrons. The van der Waals surface area contributed by atoms with Crippen LogP contribution in [0.1, 0.15) is 13.3 Å². The Labute approximate surface area is 198 Å². The number of ether oxygens (including phenoxy) is 1. The zero-order valence-corrected chi connectivity index (χ0v) is 20.0. The molecule has 2 fully saturated rings. The number of aromatic nitrogens is 3. The zero-order valence-electron chi connectivity index (χ0n) is 19.2. The second-order valence-electron chi connectivity index (χ2n) is 8.90. The number of fused-ring (bicyclic) bond motifs is 1. The van der Waals surface area contributed by atoms with E-state index in [0.29, 0.717) is 50.5 Å². The number of H-pyrrole nitrogens is 1. The van der Waals surface area contributed by atoms with Crippen LogP contribution in [0.25, 0.3) is 22.3 Å². The van der Waals surface area contributed by atoms with Crippen molar-refractivity contribution in [3.05, 3.63) is 36.7 Å². The van der Waals surface area contributed by atoms with Crippen LogP contribution < -0.4 is 15.0 Å². The number of aromatic amines is 1. The van der Waals surface area contributed by atoms with Crippen molar-refractivity contribution in [3.8, 4) is 17.1 Å². The molecule has 0 aliphatic carbocycles. The van der Waals surface area contributed by atoms with Gasteiger partial charge in [0, 0.05) is 56.3 Å². The van der Waals surface area contributed by atoms with Gasteiger partial charge in [0.05, 0.1) is 23.8 Å². The lowest BCUT2D eigenvalue weighted by Gasteiger charge is -2.34. The summed E-state index contributed by atoms with van der Waals surface area (Å²) in [5.74, 6) is 0.584. The van der Waals surface area contributed by atoms with Crippen LogP contribution in [0.5, 0.6) is 5.88 Å². The Balaban J connectivity index is 1.35. The summed E-state index contributed by atoms with van der Waals surface area (Å²) >= 11 is 0. The summed E-state index contributed by atoms with van der Waals surface area (Å²) in [6.45, 7) is 4.83. The molecule has 1 amide bonds. The number of imidazole rings is 1. The van der Waals surface area contributed by atoms with Gasteiger partial charge in [0.1, 0.15) is 6.10 Å². The van der Waals surface area contributed by atoms with E-state index in [9.17, 15) is 13.2 Å². The first-order valence-electron chi connectivity index (χ1n) is 11.4. The third-order valence-electron chi connectivity index (χ3n) is 6.58. The summed E-state index contributed by atoms with van der Waals surface area (Å²) in [7, 11) is -3.15. The minimum Gasteiger partial charge on any atom is -0.473 e. The highest BCUT2D eigenvalue weighted by Gasteiger charge is 2.29. The molecule has 4 heterocycles. The molecule has 180 valence electrons. The molecule has 1 aromatic carbocycles. The third kappa shape index (κ3) is 4.58. The van der Waals surface area contributed by atoms with E-state index in [1.807, 2.05) is 37.3 Å². The van der Waals surface area contributed by atoms with Gasteiger partial charge < -0.3 is 19.9 Å². The number of amides is 1. The van der Waals surface area contributed by atoms with Gasteiger partial charge in [-0.25, -0.2) is 18.4 Å². The van der Waals surface area contributed by atoms with Gasteiger partial charge in [-0.05, 0) is 25.1 Å². The van der Waals surface area contributed by atoms with Crippen LogP contribution in [0.15, 0.2) is 36.7 Å². The standard InChI is InChI=1S/C23H28N6O4S/c1-15(17-11-21(30)24-13-17)33-23-22-20(25-14-26-22)12-19(27-23)16-3-5-18(6-4-16)28-7-9-29(10-8-28)34(2,31)32/h3-6,12,14-15,17H,7-11,13H2,1-2H3,(H,24,30)(H,25,26). The molecule has 2 atom stereocenters. The van der Waals surface area contributed by atoms with Crippen LogP contribution in [0.3, 0.4) is 0 Å². The lowest BCUT2D eigenvalue weighted by Crippen LogP contribution is -2.48. The number of benzene rings is 1. The molecule has 10 nitrogen and oxygen atoms in total. The summed E-state index contributed by atoms with van der Waals surface area (Å²) in [5.41, 5.74) is 4.23. The molecule has 0 spiro atoms. The van der Waals surface area contributed by atoms with Gasteiger partial charge in [0.25, 0.3) is 0 Å². The van der Waals surface area contributed by atoms with Gasteiger partial charge in [-0.1, -0.05) is 12.1 Å². The van der Waals surface area contributed by atoms with Crippen LogP contribution >= 0.6 is 0 Å². The molecule has 2 aliphatic heterocycles. The Morgan fingerprint density at radius 3 is 2.53 bits per heavy atom. The van der Waals surface area contributed by atoms with E-state index in [2.05, 4.69) is 20.2 Å². The third-order valence-corrected chi connectivity index (χ3v) is 7.88. The Bertz CT molecular complexity index is 1300. The predicted octanol–water partition coefficient (Wildman–Crippen LogP) is 1.61. The fourth-order valence-corrected chi connectivity index (χ4v) is 5.33. The fraction of sp³-hybridized carbons (Fsp3) is 0.435. The Kier molecular flexibility index (Phi) is 5.90. The molecule has 2 saturated heterocycles. The molecule has 5 rings (SSSR count). The molecular formula is C23H28N6O4S. The summed E-state index contributed by atoms with van der Waals surface area (Å²) in [4.78, 5) is 26.0. The zero-order chi connectivity index (χ0) is 23.9. The lowest BCUT2D eigenvalue weighted by molar-refractivity contribution is -0.119. The number of sulfonamides is 1. The first-order chi connectivity index (χ1) is 16.3. The quantitative estimate of drug-likeness (QED) is 0.545. The van der Waals surface area contributed by atoms with Crippen molar-refractivity contribution in [2.45, 2.75) is 19.4 Å². The molecule has 2 unspecified atom stereocenters. The highest BCUT2D eigenvalue weighted by molar-refractivity contribution is 7.88. The van der Waals surface area contributed by atoms with Gasteiger partial charge in [0.15, 0.2) is 5.52 Å². The Hall–Kier alpha value is -3.18.